The topological polar surface area (TPSA) is 35.8 Å². The Balaban J connectivity index is 1.66. The fourth-order valence-electron chi connectivity index (χ4n) is 2.75. The zero-order valence-corrected chi connectivity index (χ0v) is 12.1. The summed E-state index contributed by atoms with van der Waals surface area (Å²) in [4.78, 5) is 0. The van der Waals surface area contributed by atoms with Gasteiger partial charge in [-0.3, -0.25) is 0 Å². The van der Waals surface area contributed by atoms with E-state index in [-0.39, 0.29) is 11.6 Å². The first-order valence-corrected chi connectivity index (χ1v) is 7.26. The maximum absolute atomic E-state index is 13.5. The molecule has 2 aromatic carbocycles. The van der Waals surface area contributed by atoms with Gasteiger partial charge in [-0.1, -0.05) is 29.8 Å². The SMILES string of the molecule is N#Cc1c(F)cccc1NC1CC(c2cccc(Cl)c2)C1. The van der Waals surface area contributed by atoms with Crippen molar-refractivity contribution in [1.29, 1.82) is 5.26 Å². The van der Waals surface area contributed by atoms with Gasteiger partial charge in [0.05, 0.1) is 5.69 Å². The first-order valence-electron chi connectivity index (χ1n) is 6.88. The molecular weight excluding hydrogens is 287 g/mol. The average molecular weight is 301 g/mol. The molecule has 0 aliphatic heterocycles. The van der Waals surface area contributed by atoms with Crippen LogP contribution in [-0.2, 0) is 0 Å². The lowest BCUT2D eigenvalue weighted by Gasteiger charge is -2.37. The van der Waals surface area contributed by atoms with Crippen LogP contribution in [0.15, 0.2) is 42.5 Å². The first kappa shape index (κ1) is 13.9. The van der Waals surface area contributed by atoms with Crippen LogP contribution < -0.4 is 5.32 Å². The maximum atomic E-state index is 13.5. The second-order valence-corrected chi connectivity index (χ2v) is 5.78. The molecule has 2 aromatic rings. The van der Waals surface area contributed by atoms with Crippen LogP contribution in [0, 0.1) is 17.1 Å². The quantitative estimate of drug-likeness (QED) is 0.891. The lowest BCUT2D eigenvalue weighted by atomic mass is 9.76. The van der Waals surface area contributed by atoms with Crippen LogP contribution >= 0.6 is 11.6 Å². The Morgan fingerprint density at radius 2 is 1.95 bits per heavy atom. The van der Waals surface area contributed by atoms with E-state index in [2.05, 4.69) is 11.4 Å². The molecule has 106 valence electrons. The average Bonchev–Trinajstić information content (AvgIpc) is 2.42. The molecule has 0 bridgehead atoms. The van der Waals surface area contributed by atoms with Crippen molar-refractivity contribution in [1.82, 2.24) is 0 Å². The summed E-state index contributed by atoms with van der Waals surface area (Å²) in [5.74, 6) is -0.00601. The van der Waals surface area contributed by atoms with Gasteiger partial charge in [0.15, 0.2) is 0 Å². The van der Waals surface area contributed by atoms with Gasteiger partial charge >= 0.3 is 0 Å². The van der Waals surface area contributed by atoms with E-state index in [9.17, 15) is 4.39 Å². The number of halogens is 2. The molecule has 3 rings (SSSR count). The van der Waals surface area contributed by atoms with Gasteiger partial charge < -0.3 is 5.32 Å². The van der Waals surface area contributed by atoms with Crippen molar-refractivity contribution in [3.05, 3.63) is 64.4 Å². The third-order valence-electron chi connectivity index (χ3n) is 3.94. The molecule has 1 aliphatic carbocycles. The summed E-state index contributed by atoms with van der Waals surface area (Å²) >= 11 is 6.00. The van der Waals surface area contributed by atoms with E-state index >= 15 is 0 Å². The number of hydrogen-bond acceptors (Lipinski definition) is 2. The Kier molecular flexibility index (Phi) is 3.81. The zero-order chi connectivity index (χ0) is 14.8. The van der Waals surface area contributed by atoms with E-state index in [4.69, 9.17) is 16.9 Å². The summed E-state index contributed by atoms with van der Waals surface area (Å²) in [6, 6.07) is 14.7. The monoisotopic (exact) mass is 300 g/mol. The van der Waals surface area contributed by atoms with Gasteiger partial charge in [-0.15, -0.1) is 0 Å². The molecule has 0 radical (unpaired) electrons. The van der Waals surface area contributed by atoms with Gasteiger partial charge in [0.1, 0.15) is 17.4 Å². The summed E-state index contributed by atoms with van der Waals surface area (Å²) in [6.07, 6.45) is 1.92. The Bertz CT molecular complexity index is 702. The normalized spacial score (nSPS) is 20.4. The fourth-order valence-corrected chi connectivity index (χ4v) is 2.95. The summed E-state index contributed by atoms with van der Waals surface area (Å²) in [5.41, 5.74) is 1.90. The molecule has 0 saturated heterocycles. The molecular formula is C17H14ClFN2. The smallest absolute Gasteiger partial charge is 0.143 e. The van der Waals surface area contributed by atoms with Crippen LogP contribution in [0.25, 0.3) is 0 Å². The van der Waals surface area contributed by atoms with E-state index in [0.717, 1.165) is 17.9 Å². The third-order valence-corrected chi connectivity index (χ3v) is 4.18. The minimum atomic E-state index is -0.479. The lowest BCUT2D eigenvalue weighted by Crippen LogP contribution is -2.34. The lowest BCUT2D eigenvalue weighted by molar-refractivity contribution is 0.374. The van der Waals surface area contributed by atoms with Crippen molar-refractivity contribution in [2.75, 3.05) is 5.32 Å². The molecule has 0 aromatic heterocycles. The molecule has 1 fully saturated rings. The number of nitriles is 1. The molecule has 4 heteroatoms. The fraction of sp³-hybridized carbons (Fsp3) is 0.235. The standard InChI is InChI=1S/C17H14ClFN2/c18-13-4-1-3-11(7-13)12-8-14(9-12)21-17-6-2-5-16(19)15(17)10-20/h1-7,12,14,21H,8-9H2. The highest BCUT2D eigenvalue weighted by molar-refractivity contribution is 6.30. The van der Waals surface area contributed by atoms with Crippen LogP contribution in [0.2, 0.25) is 5.02 Å². The van der Waals surface area contributed by atoms with Gasteiger partial charge in [-0.05, 0) is 48.6 Å². The summed E-state index contributed by atoms with van der Waals surface area (Å²) in [5, 5.41) is 13.0. The van der Waals surface area contributed by atoms with Gasteiger partial charge in [0, 0.05) is 11.1 Å². The summed E-state index contributed by atoms with van der Waals surface area (Å²) in [6.45, 7) is 0. The Hall–Kier alpha value is -2.05. The van der Waals surface area contributed by atoms with Gasteiger partial charge in [-0.2, -0.15) is 5.26 Å². The maximum Gasteiger partial charge on any atom is 0.143 e. The van der Waals surface area contributed by atoms with E-state index in [0.29, 0.717) is 11.6 Å². The van der Waals surface area contributed by atoms with E-state index in [1.54, 1.807) is 12.1 Å². The van der Waals surface area contributed by atoms with Crippen LogP contribution in [0.5, 0.6) is 0 Å². The highest BCUT2D eigenvalue weighted by Crippen LogP contribution is 2.39. The summed E-state index contributed by atoms with van der Waals surface area (Å²) in [7, 11) is 0. The van der Waals surface area contributed by atoms with Gasteiger partial charge in [-0.25, -0.2) is 4.39 Å². The molecule has 21 heavy (non-hydrogen) atoms. The Morgan fingerprint density at radius 1 is 1.19 bits per heavy atom. The molecule has 1 aliphatic rings. The van der Waals surface area contributed by atoms with Crippen LogP contribution in [0.3, 0.4) is 0 Å². The number of nitrogens with one attached hydrogen (secondary N) is 1. The van der Waals surface area contributed by atoms with Crippen molar-refractivity contribution in [2.24, 2.45) is 0 Å². The number of hydrogen-bond donors (Lipinski definition) is 1. The van der Waals surface area contributed by atoms with Crippen LogP contribution in [0.4, 0.5) is 10.1 Å². The van der Waals surface area contributed by atoms with E-state index < -0.39 is 5.82 Å². The second kappa shape index (κ2) is 5.75. The number of benzene rings is 2. The predicted octanol–water partition coefficient (Wildman–Crippen LogP) is 4.71. The minimum absolute atomic E-state index is 0.0868. The van der Waals surface area contributed by atoms with E-state index in [1.807, 2.05) is 24.3 Å². The molecule has 2 nitrogen and oxygen atoms in total. The van der Waals surface area contributed by atoms with Crippen LogP contribution in [-0.4, -0.2) is 6.04 Å². The second-order valence-electron chi connectivity index (χ2n) is 5.34. The molecule has 0 heterocycles. The number of nitrogens with zero attached hydrogens (tertiary/aromatic N) is 1. The van der Waals surface area contributed by atoms with Crippen molar-refractivity contribution >= 4 is 17.3 Å². The predicted molar refractivity (Wildman–Crippen MR) is 82.0 cm³/mol. The van der Waals surface area contributed by atoms with Crippen molar-refractivity contribution in [2.45, 2.75) is 24.8 Å². The molecule has 1 N–H and O–H groups in total. The molecule has 0 atom stereocenters. The number of rotatable bonds is 3. The highest BCUT2D eigenvalue weighted by atomic mass is 35.5. The van der Waals surface area contributed by atoms with Crippen molar-refractivity contribution < 1.29 is 4.39 Å². The molecule has 0 spiro atoms. The highest BCUT2D eigenvalue weighted by Gasteiger charge is 2.30. The minimum Gasteiger partial charge on any atom is -0.381 e. The number of anilines is 1. The molecule has 0 amide bonds. The first-order chi connectivity index (χ1) is 10.2. The van der Waals surface area contributed by atoms with Crippen molar-refractivity contribution in [3.63, 3.8) is 0 Å². The molecule has 1 saturated carbocycles. The third kappa shape index (κ3) is 2.86. The largest absolute Gasteiger partial charge is 0.381 e. The summed E-state index contributed by atoms with van der Waals surface area (Å²) < 4.78 is 13.5. The van der Waals surface area contributed by atoms with Gasteiger partial charge in [0.25, 0.3) is 0 Å². The van der Waals surface area contributed by atoms with Gasteiger partial charge in [0.2, 0.25) is 0 Å². The van der Waals surface area contributed by atoms with E-state index in [1.165, 1.54) is 11.6 Å². The Labute approximate surface area is 128 Å². The molecule has 0 unspecified atom stereocenters. The Morgan fingerprint density at radius 3 is 2.67 bits per heavy atom. The van der Waals surface area contributed by atoms with Crippen molar-refractivity contribution in [3.8, 4) is 6.07 Å². The zero-order valence-electron chi connectivity index (χ0n) is 11.3. The van der Waals surface area contributed by atoms with Crippen LogP contribution in [0.1, 0.15) is 29.9 Å².